The van der Waals surface area contributed by atoms with Gasteiger partial charge in [0.1, 0.15) is 0 Å². The van der Waals surface area contributed by atoms with E-state index >= 15 is 0 Å². The molecule has 21 heavy (non-hydrogen) atoms. The number of aryl methyl sites for hydroxylation is 1. The second-order valence-corrected chi connectivity index (χ2v) is 5.34. The Morgan fingerprint density at radius 3 is 2.19 bits per heavy atom. The fraction of sp³-hybridized carbons (Fsp3) is 0.529. The number of anilines is 1. The number of carbonyl (C=O) groups is 2. The third-order valence-electron chi connectivity index (χ3n) is 3.33. The second kappa shape index (κ2) is 9.97. The van der Waals surface area contributed by atoms with Gasteiger partial charge >= 0.3 is 11.8 Å². The van der Waals surface area contributed by atoms with Crippen molar-refractivity contribution in [3.05, 3.63) is 29.8 Å². The van der Waals surface area contributed by atoms with Crippen LogP contribution in [0.3, 0.4) is 0 Å². The lowest BCUT2D eigenvalue weighted by Gasteiger charge is -2.06. The minimum absolute atomic E-state index is 0.562. The molecular weight excluding hydrogens is 264 g/mol. The molecule has 4 nitrogen and oxygen atoms in total. The maximum absolute atomic E-state index is 11.7. The minimum atomic E-state index is -0.607. The first kappa shape index (κ1) is 17.2. The predicted molar refractivity (Wildman–Crippen MR) is 86.2 cm³/mol. The van der Waals surface area contributed by atoms with Crippen molar-refractivity contribution in [3.8, 4) is 0 Å². The highest BCUT2D eigenvalue weighted by atomic mass is 16.2. The first-order chi connectivity index (χ1) is 10.1. The van der Waals surface area contributed by atoms with Gasteiger partial charge in [-0.15, -0.1) is 0 Å². The number of hydrogen-bond donors (Lipinski definition) is 2. The monoisotopic (exact) mass is 290 g/mol. The lowest BCUT2D eigenvalue weighted by molar-refractivity contribution is -0.136. The summed E-state index contributed by atoms with van der Waals surface area (Å²) in [4.78, 5) is 23.3. The Morgan fingerprint density at radius 1 is 0.905 bits per heavy atom. The molecule has 0 saturated heterocycles. The Labute approximate surface area is 127 Å². The number of amides is 2. The molecule has 0 aromatic heterocycles. The molecule has 0 radical (unpaired) electrons. The summed E-state index contributed by atoms with van der Waals surface area (Å²) >= 11 is 0. The van der Waals surface area contributed by atoms with Crippen molar-refractivity contribution in [1.82, 2.24) is 5.32 Å². The van der Waals surface area contributed by atoms with Gasteiger partial charge in [-0.05, 0) is 25.5 Å². The van der Waals surface area contributed by atoms with Crippen molar-refractivity contribution < 1.29 is 9.59 Å². The van der Waals surface area contributed by atoms with E-state index in [1.165, 1.54) is 25.7 Å². The normalized spacial score (nSPS) is 10.2. The van der Waals surface area contributed by atoms with Gasteiger partial charge in [-0.1, -0.05) is 56.7 Å². The highest BCUT2D eigenvalue weighted by Gasteiger charge is 2.12. The van der Waals surface area contributed by atoms with Crippen LogP contribution in [0.25, 0.3) is 0 Å². The summed E-state index contributed by atoms with van der Waals surface area (Å²) in [6.07, 6.45) is 6.96. The molecule has 4 heteroatoms. The van der Waals surface area contributed by atoms with Crippen molar-refractivity contribution in [3.63, 3.8) is 0 Å². The van der Waals surface area contributed by atoms with Gasteiger partial charge in [0.15, 0.2) is 0 Å². The number of rotatable bonds is 8. The van der Waals surface area contributed by atoms with Gasteiger partial charge in [0.2, 0.25) is 0 Å². The summed E-state index contributed by atoms with van der Waals surface area (Å²) in [6.45, 7) is 4.72. The molecule has 1 aromatic rings. The summed E-state index contributed by atoms with van der Waals surface area (Å²) < 4.78 is 0. The molecule has 0 heterocycles. The van der Waals surface area contributed by atoms with Crippen molar-refractivity contribution >= 4 is 17.5 Å². The van der Waals surface area contributed by atoms with E-state index in [0.717, 1.165) is 18.4 Å². The largest absolute Gasteiger partial charge is 0.348 e. The highest BCUT2D eigenvalue weighted by molar-refractivity contribution is 6.39. The van der Waals surface area contributed by atoms with Crippen LogP contribution in [0.4, 0.5) is 5.69 Å². The molecule has 1 rings (SSSR count). The van der Waals surface area contributed by atoms with Crippen molar-refractivity contribution in [1.29, 1.82) is 0 Å². The molecule has 0 spiro atoms. The Hall–Kier alpha value is -1.84. The fourth-order valence-corrected chi connectivity index (χ4v) is 2.01. The van der Waals surface area contributed by atoms with Gasteiger partial charge in [-0.25, -0.2) is 0 Å². The van der Waals surface area contributed by atoms with Gasteiger partial charge in [-0.2, -0.15) is 0 Å². The van der Waals surface area contributed by atoms with Crippen molar-refractivity contribution in [2.45, 2.75) is 52.4 Å². The maximum atomic E-state index is 11.7. The molecule has 2 amide bonds. The zero-order valence-corrected chi connectivity index (χ0v) is 13.1. The van der Waals surface area contributed by atoms with Gasteiger partial charge in [0, 0.05) is 12.2 Å². The highest BCUT2D eigenvalue weighted by Crippen LogP contribution is 2.08. The van der Waals surface area contributed by atoms with Gasteiger partial charge < -0.3 is 10.6 Å². The molecule has 0 aliphatic carbocycles. The van der Waals surface area contributed by atoms with Crippen LogP contribution in [0, 0.1) is 6.92 Å². The first-order valence-electron chi connectivity index (χ1n) is 7.79. The van der Waals surface area contributed by atoms with Crippen LogP contribution in [0.15, 0.2) is 24.3 Å². The molecule has 0 aliphatic heterocycles. The number of benzene rings is 1. The van der Waals surface area contributed by atoms with Crippen LogP contribution < -0.4 is 10.6 Å². The van der Waals surface area contributed by atoms with Crippen LogP contribution in [-0.4, -0.2) is 18.4 Å². The van der Waals surface area contributed by atoms with Crippen molar-refractivity contribution in [2.24, 2.45) is 0 Å². The Bertz CT molecular complexity index is 441. The smallest absolute Gasteiger partial charge is 0.313 e. The van der Waals surface area contributed by atoms with Crippen LogP contribution in [0.1, 0.15) is 51.0 Å². The molecular formula is C17H26N2O2. The van der Waals surface area contributed by atoms with E-state index < -0.39 is 11.8 Å². The van der Waals surface area contributed by atoms with Crippen LogP contribution in [0.5, 0.6) is 0 Å². The third-order valence-corrected chi connectivity index (χ3v) is 3.33. The molecule has 2 N–H and O–H groups in total. The van der Waals surface area contributed by atoms with E-state index in [0.29, 0.717) is 12.2 Å². The summed E-state index contributed by atoms with van der Waals surface area (Å²) in [5, 5.41) is 5.24. The molecule has 0 bridgehead atoms. The van der Waals surface area contributed by atoms with E-state index in [2.05, 4.69) is 17.6 Å². The summed E-state index contributed by atoms with van der Waals surface area (Å²) in [7, 11) is 0. The van der Waals surface area contributed by atoms with E-state index in [9.17, 15) is 9.59 Å². The summed E-state index contributed by atoms with van der Waals surface area (Å²) in [6, 6.07) is 7.36. The summed E-state index contributed by atoms with van der Waals surface area (Å²) in [5.74, 6) is -1.17. The minimum Gasteiger partial charge on any atom is -0.348 e. The zero-order chi connectivity index (χ0) is 15.5. The molecule has 0 aliphatic rings. The molecule has 1 aromatic carbocycles. The molecule has 0 unspecified atom stereocenters. The first-order valence-corrected chi connectivity index (χ1v) is 7.79. The Morgan fingerprint density at radius 2 is 1.52 bits per heavy atom. The van der Waals surface area contributed by atoms with Gasteiger partial charge in [-0.3, -0.25) is 9.59 Å². The second-order valence-electron chi connectivity index (χ2n) is 5.34. The van der Waals surface area contributed by atoms with E-state index in [1.54, 1.807) is 12.1 Å². The SMILES string of the molecule is CCCCCCCCNC(=O)C(=O)Nc1ccc(C)cc1. The van der Waals surface area contributed by atoms with Crippen LogP contribution >= 0.6 is 0 Å². The van der Waals surface area contributed by atoms with E-state index in [4.69, 9.17) is 0 Å². The fourth-order valence-electron chi connectivity index (χ4n) is 2.01. The standard InChI is InChI=1S/C17H26N2O2/c1-3-4-5-6-7-8-13-18-16(20)17(21)19-15-11-9-14(2)10-12-15/h9-12H,3-8,13H2,1-2H3,(H,18,20)(H,19,21). The van der Waals surface area contributed by atoms with Gasteiger partial charge in [0.25, 0.3) is 0 Å². The average Bonchev–Trinajstić information content (AvgIpc) is 2.48. The number of carbonyl (C=O) groups excluding carboxylic acids is 2. The average molecular weight is 290 g/mol. The van der Waals surface area contributed by atoms with E-state index in [-0.39, 0.29) is 0 Å². The van der Waals surface area contributed by atoms with Crippen LogP contribution in [-0.2, 0) is 9.59 Å². The number of unbranched alkanes of at least 4 members (excludes halogenated alkanes) is 5. The number of hydrogen-bond acceptors (Lipinski definition) is 2. The third kappa shape index (κ3) is 7.49. The molecule has 116 valence electrons. The quantitative estimate of drug-likeness (QED) is 0.569. The van der Waals surface area contributed by atoms with Crippen LogP contribution in [0.2, 0.25) is 0 Å². The zero-order valence-electron chi connectivity index (χ0n) is 13.1. The lowest BCUT2D eigenvalue weighted by atomic mass is 10.1. The molecule has 0 fully saturated rings. The van der Waals surface area contributed by atoms with Gasteiger partial charge in [0.05, 0.1) is 0 Å². The predicted octanol–water partition coefficient (Wildman–Crippen LogP) is 3.41. The summed E-state index contributed by atoms with van der Waals surface area (Å²) in [5.41, 5.74) is 1.75. The number of nitrogens with one attached hydrogen (secondary N) is 2. The Balaban J connectivity index is 2.16. The molecule has 0 saturated carbocycles. The lowest BCUT2D eigenvalue weighted by Crippen LogP contribution is -2.35. The molecule has 0 atom stereocenters. The van der Waals surface area contributed by atoms with Crippen molar-refractivity contribution in [2.75, 3.05) is 11.9 Å². The topological polar surface area (TPSA) is 58.2 Å². The Kier molecular flexibility index (Phi) is 8.17. The van der Waals surface area contributed by atoms with E-state index in [1.807, 2.05) is 19.1 Å². The maximum Gasteiger partial charge on any atom is 0.313 e.